The van der Waals surface area contributed by atoms with Crippen LogP contribution in [-0.4, -0.2) is 23.2 Å². The Hall–Kier alpha value is -5.28. The second-order valence-corrected chi connectivity index (χ2v) is 7.91. The topological polar surface area (TPSA) is 82.9 Å². The summed E-state index contributed by atoms with van der Waals surface area (Å²) in [6, 6.07) is 14.6. The van der Waals surface area contributed by atoms with Gasteiger partial charge >= 0.3 is 0 Å². The first-order chi connectivity index (χ1) is 17.6. The number of amides is 2. The zero-order valence-electron chi connectivity index (χ0n) is 19.1. The average molecular weight is 469 g/mol. The Bertz CT molecular complexity index is 1410. The van der Waals surface area contributed by atoms with Crippen LogP contribution in [0.1, 0.15) is 0 Å². The van der Waals surface area contributed by atoms with E-state index in [2.05, 4.69) is 32.1 Å². The van der Waals surface area contributed by atoms with E-state index in [9.17, 15) is 9.59 Å². The molecular formula is C30H20N4O2. The number of anilines is 2. The van der Waals surface area contributed by atoms with Gasteiger partial charge in [-0.3, -0.25) is 9.59 Å². The fourth-order valence-electron chi connectivity index (χ4n) is 3.48. The molecule has 0 aromatic heterocycles. The first-order valence-corrected chi connectivity index (χ1v) is 11.3. The smallest absolute Gasteiger partial charge is 0.263 e. The first kappa shape index (κ1) is 22.5. The third kappa shape index (κ3) is 5.61. The predicted octanol–water partition coefficient (Wildman–Crippen LogP) is 5.84. The van der Waals surface area contributed by atoms with Crippen molar-refractivity contribution in [3.63, 3.8) is 0 Å². The molecule has 0 fully saturated rings. The van der Waals surface area contributed by atoms with Gasteiger partial charge in [0.15, 0.2) is 0 Å². The van der Waals surface area contributed by atoms with E-state index < -0.39 is 0 Å². The van der Waals surface area contributed by atoms with E-state index in [1.807, 2.05) is 72.8 Å². The largest absolute Gasteiger partial charge is 0.321 e. The fraction of sp³-hybridized carbons (Fsp3) is 0. The van der Waals surface area contributed by atoms with Crippen LogP contribution in [0.2, 0.25) is 0 Å². The van der Waals surface area contributed by atoms with Crippen LogP contribution in [0.25, 0.3) is 0 Å². The van der Waals surface area contributed by atoms with Crippen molar-refractivity contribution >= 4 is 46.0 Å². The summed E-state index contributed by atoms with van der Waals surface area (Å²) < 4.78 is 0. The number of rotatable bonds is 6. The molecule has 0 radical (unpaired) electrons. The third-order valence-electron chi connectivity index (χ3n) is 5.30. The van der Waals surface area contributed by atoms with E-state index in [1.165, 1.54) is 0 Å². The second-order valence-electron chi connectivity index (χ2n) is 7.91. The Morgan fingerprint density at radius 3 is 1.28 bits per heavy atom. The van der Waals surface area contributed by atoms with Gasteiger partial charge in [0, 0.05) is 11.4 Å². The SMILES string of the molecule is O=C(Nc1ccc(N=C2C=CC(=Nc3ccc(NC(=O)C4=C=CC=C4)cc3)C=C2)cc1)C1=C=CC=C1. The lowest BCUT2D eigenvalue weighted by molar-refractivity contribution is -0.113. The molecule has 3 aliphatic carbocycles. The summed E-state index contributed by atoms with van der Waals surface area (Å²) in [5, 5.41) is 5.68. The van der Waals surface area contributed by atoms with Gasteiger partial charge in [-0.15, -0.1) is 11.5 Å². The molecule has 2 amide bonds. The minimum atomic E-state index is -0.194. The number of hydrogen-bond donors (Lipinski definition) is 2. The summed E-state index contributed by atoms with van der Waals surface area (Å²) in [6.45, 7) is 0. The van der Waals surface area contributed by atoms with Crippen molar-refractivity contribution in [1.29, 1.82) is 0 Å². The van der Waals surface area contributed by atoms with E-state index in [-0.39, 0.29) is 11.8 Å². The maximum atomic E-state index is 12.1. The molecule has 0 bridgehead atoms. The number of nitrogens with zero attached hydrogens (tertiary/aromatic N) is 2. The minimum absolute atomic E-state index is 0.194. The molecule has 6 heteroatoms. The van der Waals surface area contributed by atoms with Crippen molar-refractivity contribution in [3.05, 3.63) is 132 Å². The van der Waals surface area contributed by atoms with Crippen LogP contribution < -0.4 is 10.6 Å². The monoisotopic (exact) mass is 468 g/mol. The molecular weight excluding hydrogens is 448 g/mol. The van der Waals surface area contributed by atoms with Gasteiger partial charge in [0.25, 0.3) is 11.8 Å². The van der Waals surface area contributed by atoms with Crippen molar-refractivity contribution in [1.82, 2.24) is 0 Å². The quantitative estimate of drug-likeness (QED) is 0.413. The summed E-state index contributed by atoms with van der Waals surface area (Å²) in [5.41, 5.74) is 11.3. The molecule has 5 rings (SSSR count). The van der Waals surface area contributed by atoms with Crippen molar-refractivity contribution in [2.75, 3.05) is 10.6 Å². The highest BCUT2D eigenvalue weighted by Crippen LogP contribution is 2.20. The Labute approximate surface area is 208 Å². The van der Waals surface area contributed by atoms with Crippen LogP contribution >= 0.6 is 0 Å². The molecule has 2 N–H and O–H groups in total. The van der Waals surface area contributed by atoms with Crippen LogP contribution in [0.4, 0.5) is 22.7 Å². The number of aliphatic imine (C=N–C) groups is 2. The van der Waals surface area contributed by atoms with Gasteiger partial charge in [-0.05, 0) is 97.1 Å². The number of carbonyl (C=O) groups is 2. The summed E-state index contributed by atoms with van der Waals surface area (Å²) >= 11 is 0. The van der Waals surface area contributed by atoms with Crippen LogP contribution in [-0.2, 0) is 9.59 Å². The van der Waals surface area contributed by atoms with Gasteiger partial charge in [0.2, 0.25) is 0 Å². The molecule has 36 heavy (non-hydrogen) atoms. The Balaban J connectivity index is 1.18. The Morgan fingerprint density at radius 1 is 0.556 bits per heavy atom. The summed E-state index contributed by atoms with van der Waals surface area (Å²) in [5.74, 6) is -0.389. The highest BCUT2D eigenvalue weighted by Gasteiger charge is 2.09. The highest BCUT2D eigenvalue weighted by molar-refractivity contribution is 6.19. The molecule has 0 saturated carbocycles. The highest BCUT2D eigenvalue weighted by atomic mass is 16.2. The van der Waals surface area contributed by atoms with Crippen LogP contribution in [0, 0.1) is 0 Å². The number of hydrogen-bond acceptors (Lipinski definition) is 4. The lowest BCUT2D eigenvalue weighted by Gasteiger charge is -2.06. The number of benzene rings is 2. The van der Waals surface area contributed by atoms with E-state index >= 15 is 0 Å². The van der Waals surface area contributed by atoms with Crippen molar-refractivity contribution in [2.45, 2.75) is 0 Å². The van der Waals surface area contributed by atoms with Gasteiger partial charge in [-0.25, -0.2) is 9.98 Å². The molecule has 6 nitrogen and oxygen atoms in total. The van der Waals surface area contributed by atoms with E-state index in [4.69, 9.17) is 0 Å². The molecule has 0 spiro atoms. The Kier molecular flexibility index (Phi) is 6.46. The Morgan fingerprint density at radius 2 is 0.944 bits per heavy atom. The minimum Gasteiger partial charge on any atom is -0.321 e. The lowest BCUT2D eigenvalue weighted by Crippen LogP contribution is -2.12. The lowest BCUT2D eigenvalue weighted by atomic mass is 10.1. The van der Waals surface area contributed by atoms with E-state index in [0.717, 1.165) is 22.8 Å². The fourth-order valence-corrected chi connectivity index (χ4v) is 3.48. The van der Waals surface area contributed by atoms with Crippen molar-refractivity contribution in [3.8, 4) is 0 Å². The number of carbonyl (C=O) groups excluding carboxylic acids is 2. The number of nitrogens with one attached hydrogen (secondary N) is 2. The predicted molar refractivity (Wildman–Crippen MR) is 144 cm³/mol. The standard InChI is InChI=1S/C30H20N4O2/c35-29(21-5-1-2-6-21)33-27-17-13-25(14-18-27)31-23-9-11-24(12-10-23)32-26-15-19-28(20-16-26)34-30(36)22-7-3-4-8-22/h1-5,7,9-20H,(H,33,35)(H,34,36). The zero-order chi connectivity index (χ0) is 24.7. The second kappa shape index (κ2) is 10.3. The van der Waals surface area contributed by atoms with Gasteiger partial charge in [0.05, 0.1) is 33.9 Å². The van der Waals surface area contributed by atoms with Crippen molar-refractivity contribution < 1.29 is 9.59 Å². The van der Waals surface area contributed by atoms with Gasteiger partial charge in [-0.1, -0.05) is 12.2 Å². The molecule has 172 valence electrons. The van der Waals surface area contributed by atoms with Gasteiger partial charge in [-0.2, -0.15) is 0 Å². The van der Waals surface area contributed by atoms with Crippen molar-refractivity contribution in [2.24, 2.45) is 9.98 Å². The normalized spacial score (nSPS) is 14.7. The molecule has 0 atom stereocenters. The van der Waals surface area contributed by atoms with E-state index in [0.29, 0.717) is 22.5 Å². The number of allylic oxidation sites excluding steroid dienone is 6. The molecule has 2 aromatic carbocycles. The maximum absolute atomic E-state index is 12.1. The molecule has 3 aliphatic rings. The van der Waals surface area contributed by atoms with E-state index in [1.54, 1.807) is 36.5 Å². The molecule has 0 saturated heterocycles. The summed E-state index contributed by atoms with van der Waals surface area (Å²) in [7, 11) is 0. The molecule has 0 unspecified atom stereocenters. The summed E-state index contributed by atoms with van der Waals surface area (Å²) in [4.78, 5) is 33.5. The third-order valence-corrected chi connectivity index (χ3v) is 5.30. The zero-order valence-corrected chi connectivity index (χ0v) is 19.1. The molecule has 0 aliphatic heterocycles. The van der Waals surface area contributed by atoms with Crippen LogP contribution in [0.5, 0.6) is 0 Å². The molecule has 2 aromatic rings. The molecule has 0 heterocycles. The maximum Gasteiger partial charge on any atom is 0.263 e. The average Bonchev–Trinajstić information content (AvgIpc) is 3.63. The van der Waals surface area contributed by atoms with Crippen LogP contribution in [0.15, 0.2) is 142 Å². The summed E-state index contributed by atoms with van der Waals surface area (Å²) in [6.07, 6.45) is 18.0. The van der Waals surface area contributed by atoms with Gasteiger partial charge < -0.3 is 10.6 Å². The van der Waals surface area contributed by atoms with Crippen LogP contribution in [0.3, 0.4) is 0 Å². The van der Waals surface area contributed by atoms with Gasteiger partial charge in [0.1, 0.15) is 0 Å². The first-order valence-electron chi connectivity index (χ1n) is 11.3.